The summed E-state index contributed by atoms with van der Waals surface area (Å²) in [6.07, 6.45) is 5.19. The lowest BCUT2D eigenvalue weighted by Gasteiger charge is -2.35. The second-order valence-electron chi connectivity index (χ2n) is 13.1. The standard InChI is InChI=1S/C36H53N9O8S/c1-3-4-5-10-40-33-32-27(41-36(38)42-33)8-12-45(32)22-25-7-6-24(19-28(25)52-2)21-43-13-15-44(16-14-43)31(47)9-17-53-18-11-39-30(46)20-29(35(50)51)54-23-26(37)34(48)49/h6-8,12,19,26,29H,3-5,9-11,13-18,20-23,37H2,1-2H3,(H,39,46)(H,48,49)(H,50,51)(H3,38,40,41,42)/t26-,29-/m0/s1. The summed E-state index contributed by atoms with van der Waals surface area (Å²) in [5, 5.41) is 23.1. The Morgan fingerprint density at radius 3 is 2.48 bits per heavy atom. The summed E-state index contributed by atoms with van der Waals surface area (Å²) < 4.78 is 13.4. The van der Waals surface area contributed by atoms with Crippen LogP contribution in [0.15, 0.2) is 30.5 Å². The molecule has 0 bridgehead atoms. The monoisotopic (exact) mass is 771 g/mol. The van der Waals surface area contributed by atoms with Crippen LogP contribution in [0.25, 0.3) is 11.0 Å². The van der Waals surface area contributed by atoms with E-state index in [1.165, 1.54) is 0 Å². The summed E-state index contributed by atoms with van der Waals surface area (Å²) >= 11 is 0.808. The maximum absolute atomic E-state index is 12.8. The third-order valence-electron chi connectivity index (χ3n) is 8.99. The quantitative estimate of drug-likeness (QED) is 0.0754. The Morgan fingerprint density at radius 2 is 1.78 bits per heavy atom. The first-order chi connectivity index (χ1) is 26.0. The molecule has 54 heavy (non-hydrogen) atoms. The van der Waals surface area contributed by atoms with Crippen molar-refractivity contribution >= 4 is 58.3 Å². The zero-order valence-electron chi connectivity index (χ0n) is 31.0. The fraction of sp³-hybridized carbons (Fsp3) is 0.556. The molecule has 18 heteroatoms. The van der Waals surface area contributed by atoms with Crippen molar-refractivity contribution in [2.24, 2.45) is 5.73 Å². The van der Waals surface area contributed by atoms with Gasteiger partial charge in [-0.2, -0.15) is 4.98 Å². The maximum atomic E-state index is 12.8. The minimum atomic E-state index is -1.24. The van der Waals surface area contributed by atoms with Crippen molar-refractivity contribution in [2.75, 3.05) is 76.4 Å². The lowest BCUT2D eigenvalue weighted by molar-refractivity contribution is -0.139. The Morgan fingerprint density at radius 1 is 1.00 bits per heavy atom. The lowest BCUT2D eigenvalue weighted by atomic mass is 10.1. The van der Waals surface area contributed by atoms with Crippen LogP contribution in [0.5, 0.6) is 5.75 Å². The first kappa shape index (κ1) is 42.1. The van der Waals surface area contributed by atoms with Crippen LogP contribution in [-0.4, -0.2) is 135 Å². The number of nitrogens with one attached hydrogen (secondary N) is 2. The number of methoxy groups -OCH3 is 1. The molecule has 2 atom stereocenters. The third-order valence-corrected chi connectivity index (χ3v) is 10.3. The van der Waals surface area contributed by atoms with Crippen LogP contribution < -0.4 is 26.8 Å². The van der Waals surface area contributed by atoms with Gasteiger partial charge in [0.15, 0.2) is 5.82 Å². The number of carboxylic acids is 2. The highest BCUT2D eigenvalue weighted by Crippen LogP contribution is 2.28. The Bertz CT molecular complexity index is 1720. The Hall–Kier alpha value is -4.65. The van der Waals surface area contributed by atoms with E-state index in [2.05, 4.69) is 55.2 Å². The average Bonchev–Trinajstić information content (AvgIpc) is 3.55. The first-order valence-electron chi connectivity index (χ1n) is 18.2. The number of nitrogens with two attached hydrogens (primary N) is 2. The van der Waals surface area contributed by atoms with Gasteiger partial charge in [-0.05, 0) is 24.1 Å². The molecule has 296 valence electrons. The molecule has 1 saturated heterocycles. The number of rotatable bonds is 23. The summed E-state index contributed by atoms with van der Waals surface area (Å²) in [5.74, 6) is -1.34. The average molecular weight is 772 g/mol. The Balaban J connectivity index is 1.17. The van der Waals surface area contributed by atoms with Gasteiger partial charge in [-0.15, -0.1) is 11.8 Å². The molecule has 0 saturated carbocycles. The number of carbonyl (C=O) groups excluding carboxylic acids is 2. The van der Waals surface area contributed by atoms with Crippen LogP contribution in [0.4, 0.5) is 11.8 Å². The third kappa shape index (κ3) is 12.7. The number of piperazine rings is 1. The Kier molecular flexibility index (Phi) is 16.6. The lowest BCUT2D eigenvalue weighted by Crippen LogP contribution is -2.48. The molecular weight excluding hydrogens is 719 g/mol. The number of carboxylic acid groups (broad SMARTS) is 2. The molecule has 1 aliphatic heterocycles. The predicted molar refractivity (Wildman–Crippen MR) is 206 cm³/mol. The van der Waals surface area contributed by atoms with E-state index in [4.69, 9.17) is 26.0 Å². The van der Waals surface area contributed by atoms with Crippen LogP contribution in [0.3, 0.4) is 0 Å². The van der Waals surface area contributed by atoms with E-state index in [1.807, 2.05) is 17.2 Å². The number of anilines is 2. The van der Waals surface area contributed by atoms with Gasteiger partial charge in [0.05, 0.1) is 38.8 Å². The molecule has 0 aliphatic carbocycles. The van der Waals surface area contributed by atoms with Crippen LogP contribution >= 0.6 is 11.8 Å². The number of ether oxygens (including phenoxy) is 2. The van der Waals surface area contributed by atoms with Gasteiger partial charge >= 0.3 is 11.9 Å². The molecule has 0 spiro atoms. The fourth-order valence-corrected chi connectivity index (χ4v) is 7.00. The van der Waals surface area contributed by atoms with E-state index in [1.54, 1.807) is 7.11 Å². The SMILES string of the molecule is CCCCCNc1nc(N)nc2ccn(Cc3ccc(CN4CCN(C(=O)CCOCCNC(=O)C[C@H](SC[C@H](N)C(=O)O)C(=O)O)CC4)cc3OC)c12. The number of hydrogen-bond acceptors (Lipinski definition) is 13. The Labute approximate surface area is 319 Å². The first-order valence-corrected chi connectivity index (χ1v) is 19.2. The minimum absolute atomic E-state index is 0.00413. The molecule has 8 N–H and O–H groups in total. The van der Waals surface area contributed by atoms with Crippen LogP contribution in [0.2, 0.25) is 0 Å². The number of nitrogen functional groups attached to an aromatic ring is 1. The molecule has 3 heterocycles. The highest BCUT2D eigenvalue weighted by atomic mass is 32.2. The topological polar surface area (TPSA) is 240 Å². The van der Waals surface area contributed by atoms with Gasteiger partial charge in [0.2, 0.25) is 17.8 Å². The zero-order valence-corrected chi connectivity index (χ0v) is 31.8. The van der Waals surface area contributed by atoms with Crippen molar-refractivity contribution in [3.63, 3.8) is 0 Å². The van der Waals surface area contributed by atoms with Crippen molar-refractivity contribution in [3.8, 4) is 5.75 Å². The highest BCUT2D eigenvalue weighted by Gasteiger charge is 2.25. The number of benzene rings is 1. The molecule has 0 radical (unpaired) electrons. The largest absolute Gasteiger partial charge is 0.496 e. The van der Waals surface area contributed by atoms with Gasteiger partial charge in [-0.1, -0.05) is 31.9 Å². The minimum Gasteiger partial charge on any atom is -0.496 e. The van der Waals surface area contributed by atoms with E-state index >= 15 is 0 Å². The van der Waals surface area contributed by atoms with Crippen LogP contribution in [-0.2, 0) is 37.0 Å². The van der Waals surface area contributed by atoms with Gasteiger partial charge in [0, 0.05) is 69.7 Å². The number of unbranched alkanes of at least 4 members (excludes halogenated alkanes) is 2. The highest BCUT2D eigenvalue weighted by molar-refractivity contribution is 8.00. The maximum Gasteiger partial charge on any atom is 0.321 e. The molecule has 1 aliphatic rings. The van der Waals surface area contributed by atoms with Gasteiger partial charge in [0.1, 0.15) is 22.6 Å². The van der Waals surface area contributed by atoms with E-state index in [9.17, 15) is 24.3 Å². The molecule has 1 fully saturated rings. The number of hydrogen-bond donors (Lipinski definition) is 6. The second-order valence-corrected chi connectivity index (χ2v) is 14.3. The zero-order chi connectivity index (χ0) is 39.0. The number of carbonyl (C=O) groups is 4. The summed E-state index contributed by atoms with van der Waals surface area (Å²) in [5.41, 5.74) is 15.2. The van der Waals surface area contributed by atoms with Crippen molar-refractivity contribution in [3.05, 3.63) is 41.6 Å². The molecule has 1 aromatic carbocycles. The number of fused-ring (bicyclic) bond motifs is 1. The molecular formula is C36H53N9O8S. The van der Waals surface area contributed by atoms with Crippen LogP contribution in [0, 0.1) is 0 Å². The van der Waals surface area contributed by atoms with Crippen molar-refractivity contribution in [1.29, 1.82) is 0 Å². The normalized spacial score (nSPS) is 14.5. The summed E-state index contributed by atoms with van der Waals surface area (Å²) in [7, 11) is 1.67. The summed E-state index contributed by atoms with van der Waals surface area (Å²) in [4.78, 5) is 60.3. The van der Waals surface area contributed by atoms with E-state index in [-0.39, 0.29) is 50.2 Å². The fourth-order valence-electron chi connectivity index (χ4n) is 6.01. The van der Waals surface area contributed by atoms with Gasteiger partial charge in [-0.3, -0.25) is 24.1 Å². The van der Waals surface area contributed by atoms with Crippen molar-refractivity contribution in [2.45, 2.75) is 63.4 Å². The number of aliphatic carboxylic acids is 2. The molecule has 2 aromatic heterocycles. The molecule has 0 unspecified atom stereocenters. The van der Waals surface area contributed by atoms with Gasteiger partial charge in [-0.25, -0.2) is 4.98 Å². The number of thioether (sulfide) groups is 1. The molecule has 4 rings (SSSR count). The van der Waals surface area contributed by atoms with E-state index in [0.717, 1.165) is 90.9 Å². The molecule has 2 amide bonds. The summed E-state index contributed by atoms with van der Waals surface area (Å²) in [6.45, 7) is 7.44. The van der Waals surface area contributed by atoms with E-state index in [0.29, 0.717) is 19.6 Å². The smallest absolute Gasteiger partial charge is 0.321 e. The molecule has 3 aromatic rings. The van der Waals surface area contributed by atoms with Crippen molar-refractivity contribution < 1.29 is 38.9 Å². The van der Waals surface area contributed by atoms with Crippen molar-refractivity contribution in [1.82, 2.24) is 29.7 Å². The molecule has 17 nitrogen and oxygen atoms in total. The van der Waals surface area contributed by atoms with E-state index < -0.39 is 29.1 Å². The van der Waals surface area contributed by atoms with Gasteiger partial charge < -0.3 is 51.3 Å². The second kappa shape index (κ2) is 21.3. The summed E-state index contributed by atoms with van der Waals surface area (Å²) in [6, 6.07) is 7.00. The predicted octanol–water partition coefficient (Wildman–Crippen LogP) is 1.83. The van der Waals surface area contributed by atoms with Gasteiger partial charge in [0.25, 0.3) is 0 Å². The number of amides is 2. The number of nitrogens with zero attached hydrogens (tertiary/aromatic N) is 5. The van der Waals surface area contributed by atoms with Crippen LogP contribution in [0.1, 0.15) is 50.2 Å². The number of aromatic nitrogens is 3.